The molecule has 1 saturated carbocycles. The number of hydrogen-bond donors (Lipinski definition) is 1. The number of aliphatic hydroxyl groups excluding tert-OH is 1. The molecule has 0 heterocycles. The number of rotatable bonds is 15. The van der Waals surface area contributed by atoms with Crippen LogP contribution in [0, 0.1) is 0 Å². The minimum absolute atomic E-state index is 0.292. The van der Waals surface area contributed by atoms with Gasteiger partial charge in [-0.05, 0) is 27.8 Å². The first-order valence-electron chi connectivity index (χ1n) is 16.7. The molecule has 0 saturated heterocycles. The van der Waals surface area contributed by atoms with Crippen LogP contribution in [0.1, 0.15) is 34.2 Å². The Morgan fingerprint density at radius 3 is 1.02 bits per heavy atom. The van der Waals surface area contributed by atoms with E-state index in [-0.39, 0.29) is 0 Å². The van der Waals surface area contributed by atoms with E-state index in [1.54, 1.807) is 0 Å². The van der Waals surface area contributed by atoms with E-state index in [1.807, 2.05) is 152 Å². The maximum Gasteiger partial charge on any atom is 0.115 e. The van der Waals surface area contributed by atoms with Crippen molar-refractivity contribution in [2.45, 2.75) is 76.1 Å². The van der Waals surface area contributed by atoms with Crippen LogP contribution in [0.5, 0.6) is 0 Å². The van der Waals surface area contributed by atoms with Crippen LogP contribution in [-0.4, -0.2) is 41.7 Å². The predicted molar refractivity (Wildman–Crippen MR) is 186 cm³/mol. The molecule has 6 atom stereocenters. The molecule has 0 aliphatic heterocycles. The van der Waals surface area contributed by atoms with Gasteiger partial charge in [0, 0.05) is 6.42 Å². The third-order valence-corrected chi connectivity index (χ3v) is 8.67. The third kappa shape index (κ3) is 9.70. The van der Waals surface area contributed by atoms with E-state index in [4.69, 9.17) is 23.7 Å². The summed E-state index contributed by atoms with van der Waals surface area (Å²) in [6.07, 6.45) is -3.77. The van der Waals surface area contributed by atoms with Crippen molar-refractivity contribution < 1.29 is 28.8 Å². The number of aliphatic hydroxyl groups is 1. The van der Waals surface area contributed by atoms with E-state index in [0.717, 1.165) is 27.8 Å². The second kappa shape index (κ2) is 17.9. The summed E-state index contributed by atoms with van der Waals surface area (Å²) >= 11 is 0. The molecule has 0 aromatic heterocycles. The highest BCUT2D eigenvalue weighted by atomic mass is 16.6. The van der Waals surface area contributed by atoms with Gasteiger partial charge in [0.25, 0.3) is 0 Å². The Morgan fingerprint density at radius 1 is 0.354 bits per heavy atom. The highest BCUT2D eigenvalue weighted by Crippen LogP contribution is 2.33. The van der Waals surface area contributed by atoms with Gasteiger partial charge in [0.15, 0.2) is 0 Å². The Kier molecular flexibility index (Phi) is 12.6. The van der Waals surface area contributed by atoms with E-state index in [2.05, 4.69) is 0 Å². The lowest BCUT2D eigenvalue weighted by atomic mass is 10.0. The molecule has 248 valence electrons. The van der Waals surface area contributed by atoms with E-state index in [1.165, 1.54) is 0 Å². The van der Waals surface area contributed by atoms with Crippen molar-refractivity contribution in [2.75, 3.05) is 0 Å². The van der Waals surface area contributed by atoms with Gasteiger partial charge in [0.2, 0.25) is 0 Å². The first kappa shape index (κ1) is 33.7. The van der Waals surface area contributed by atoms with Crippen molar-refractivity contribution in [1.29, 1.82) is 0 Å². The van der Waals surface area contributed by atoms with Crippen molar-refractivity contribution in [3.05, 3.63) is 179 Å². The largest absolute Gasteiger partial charge is 0.388 e. The molecule has 48 heavy (non-hydrogen) atoms. The zero-order chi connectivity index (χ0) is 32.8. The first-order chi connectivity index (χ1) is 23.7. The SMILES string of the molecule is O[C@H]1C(OCc2ccccc2)CC(OCc2ccccc2)[C@H](OCc2ccccc2)C(OCc2ccccc2)C1OCc1ccccc1. The van der Waals surface area contributed by atoms with Crippen molar-refractivity contribution in [2.24, 2.45) is 0 Å². The Hall–Kier alpha value is -4.14. The molecule has 0 radical (unpaired) electrons. The molecule has 0 bridgehead atoms. The molecular weight excluding hydrogens is 600 g/mol. The molecule has 1 aliphatic rings. The summed E-state index contributed by atoms with van der Waals surface area (Å²) in [5, 5.41) is 12.2. The molecule has 0 amide bonds. The van der Waals surface area contributed by atoms with Crippen LogP contribution in [0.25, 0.3) is 0 Å². The Morgan fingerprint density at radius 2 is 0.646 bits per heavy atom. The fraction of sp³-hybridized carbons (Fsp3) is 0.286. The minimum atomic E-state index is -1.02. The van der Waals surface area contributed by atoms with Crippen LogP contribution >= 0.6 is 0 Å². The highest BCUT2D eigenvalue weighted by Gasteiger charge is 2.48. The summed E-state index contributed by atoms with van der Waals surface area (Å²) in [4.78, 5) is 0. The van der Waals surface area contributed by atoms with E-state index >= 15 is 0 Å². The maximum atomic E-state index is 12.2. The molecule has 1 fully saturated rings. The monoisotopic (exact) mass is 644 g/mol. The van der Waals surface area contributed by atoms with Gasteiger partial charge >= 0.3 is 0 Å². The van der Waals surface area contributed by atoms with Gasteiger partial charge in [-0.3, -0.25) is 0 Å². The van der Waals surface area contributed by atoms with Gasteiger partial charge in [-0.15, -0.1) is 0 Å². The summed E-state index contributed by atoms with van der Waals surface area (Å²) in [7, 11) is 0. The summed E-state index contributed by atoms with van der Waals surface area (Å²) in [5.74, 6) is 0. The molecule has 0 spiro atoms. The van der Waals surface area contributed by atoms with E-state index in [9.17, 15) is 5.11 Å². The van der Waals surface area contributed by atoms with Crippen molar-refractivity contribution in [3.8, 4) is 0 Å². The molecule has 4 unspecified atom stereocenters. The molecule has 1 aliphatic carbocycles. The normalized spacial score (nSPS) is 22.6. The maximum absolute atomic E-state index is 12.2. The summed E-state index contributed by atoms with van der Waals surface area (Å²) < 4.78 is 33.5. The van der Waals surface area contributed by atoms with Crippen LogP contribution in [-0.2, 0) is 56.7 Å². The van der Waals surface area contributed by atoms with Gasteiger partial charge in [-0.2, -0.15) is 0 Å². The average molecular weight is 645 g/mol. The minimum Gasteiger partial charge on any atom is -0.388 e. The highest BCUT2D eigenvalue weighted by molar-refractivity contribution is 5.17. The van der Waals surface area contributed by atoms with Gasteiger partial charge < -0.3 is 28.8 Å². The van der Waals surface area contributed by atoms with Gasteiger partial charge in [0.05, 0.1) is 45.2 Å². The predicted octanol–water partition coefficient (Wildman–Crippen LogP) is 7.68. The van der Waals surface area contributed by atoms with Crippen LogP contribution in [0.4, 0.5) is 0 Å². The Bertz CT molecular complexity index is 1590. The van der Waals surface area contributed by atoms with Crippen LogP contribution in [0.15, 0.2) is 152 Å². The van der Waals surface area contributed by atoms with E-state index in [0.29, 0.717) is 39.5 Å². The third-order valence-electron chi connectivity index (χ3n) is 8.67. The van der Waals surface area contributed by atoms with Crippen LogP contribution in [0.3, 0.4) is 0 Å². The second-order valence-electron chi connectivity index (χ2n) is 12.2. The molecular formula is C42H44O6. The topological polar surface area (TPSA) is 66.4 Å². The lowest BCUT2D eigenvalue weighted by Crippen LogP contribution is -2.51. The second-order valence-corrected chi connectivity index (χ2v) is 12.2. The zero-order valence-corrected chi connectivity index (χ0v) is 27.1. The summed E-state index contributed by atoms with van der Waals surface area (Å²) in [6.45, 7) is 1.66. The Labute approximate surface area is 283 Å². The van der Waals surface area contributed by atoms with Crippen molar-refractivity contribution in [3.63, 3.8) is 0 Å². The van der Waals surface area contributed by atoms with Crippen LogP contribution in [0.2, 0.25) is 0 Å². The Balaban J connectivity index is 1.35. The smallest absolute Gasteiger partial charge is 0.115 e. The molecule has 5 aromatic carbocycles. The first-order valence-corrected chi connectivity index (χ1v) is 16.7. The molecule has 5 aromatic rings. The lowest BCUT2D eigenvalue weighted by molar-refractivity contribution is -0.199. The van der Waals surface area contributed by atoms with Crippen molar-refractivity contribution >= 4 is 0 Å². The van der Waals surface area contributed by atoms with E-state index < -0.39 is 36.6 Å². The van der Waals surface area contributed by atoms with Gasteiger partial charge in [0.1, 0.15) is 24.4 Å². The standard InChI is InChI=1S/C42H44O6/c43-39-37(44-27-32-16-6-1-7-17-32)26-38(45-28-33-18-8-2-9-19-33)40(46-29-34-20-10-3-11-21-34)42(48-31-36-24-14-5-15-25-36)41(39)47-30-35-22-12-4-13-23-35/h1-25,37-43H,26-31H2/t37?,38?,39-,40-,41?,42?/m0/s1. The fourth-order valence-electron chi connectivity index (χ4n) is 6.08. The van der Waals surface area contributed by atoms with Crippen LogP contribution < -0.4 is 0 Å². The summed E-state index contributed by atoms with van der Waals surface area (Å²) in [5.41, 5.74) is 5.11. The summed E-state index contributed by atoms with van der Waals surface area (Å²) in [6, 6.07) is 50.2. The van der Waals surface area contributed by atoms with Crippen molar-refractivity contribution in [1.82, 2.24) is 0 Å². The fourth-order valence-corrected chi connectivity index (χ4v) is 6.08. The number of benzene rings is 5. The average Bonchev–Trinajstić information content (AvgIpc) is 3.25. The lowest BCUT2D eigenvalue weighted by Gasteiger charge is -2.36. The van der Waals surface area contributed by atoms with Gasteiger partial charge in [-0.25, -0.2) is 0 Å². The molecule has 6 heteroatoms. The number of hydrogen-bond acceptors (Lipinski definition) is 6. The number of ether oxygens (including phenoxy) is 5. The quantitative estimate of drug-likeness (QED) is 0.118. The zero-order valence-electron chi connectivity index (χ0n) is 27.1. The molecule has 6 nitrogen and oxygen atoms in total. The molecule has 1 N–H and O–H groups in total. The molecule has 6 rings (SSSR count). The van der Waals surface area contributed by atoms with Gasteiger partial charge in [-0.1, -0.05) is 152 Å².